The van der Waals surface area contributed by atoms with Gasteiger partial charge in [-0.3, -0.25) is 14.6 Å². The Morgan fingerprint density at radius 2 is 1.97 bits per heavy atom. The van der Waals surface area contributed by atoms with Crippen molar-refractivity contribution in [3.8, 4) is 11.3 Å². The Labute approximate surface area is 197 Å². The molecule has 172 valence electrons. The van der Waals surface area contributed by atoms with Crippen molar-refractivity contribution < 1.29 is 14.0 Å². The van der Waals surface area contributed by atoms with E-state index in [1.54, 1.807) is 42.6 Å². The quantitative estimate of drug-likeness (QED) is 0.474. The van der Waals surface area contributed by atoms with Crippen LogP contribution in [0.25, 0.3) is 16.1 Å². The fourth-order valence-corrected chi connectivity index (χ4v) is 3.59. The Morgan fingerprint density at radius 1 is 1.15 bits per heavy atom. The van der Waals surface area contributed by atoms with Crippen LogP contribution in [0.2, 0.25) is 0 Å². The zero-order valence-corrected chi connectivity index (χ0v) is 18.8. The number of nitrogens with zero attached hydrogens (tertiary/aromatic N) is 4. The number of benzene rings is 1. The third-order valence-corrected chi connectivity index (χ3v) is 5.66. The molecule has 1 aliphatic rings. The number of nitrogens with one attached hydrogen (secondary N) is 1. The highest BCUT2D eigenvalue weighted by Gasteiger charge is 2.27. The first kappa shape index (κ1) is 23.1. The summed E-state index contributed by atoms with van der Waals surface area (Å²) in [7, 11) is 0. The van der Waals surface area contributed by atoms with E-state index in [4.69, 9.17) is 6.57 Å². The Morgan fingerprint density at radius 3 is 2.56 bits per heavy atom. The predicted octanol–water partition coefficient (Wildman–Crippen LogP) is 5.17. The molecule has 1 saturated carbocycles. The van der Waals surface area contributed by atoms with Crippen LogP contribution in [0, 0.1) is 18.3 Å². The predicted molar refractivity (Wildman–Crippen MR) is 128 cm³/mol. The third-order valence-electron chi connectivity index (χ3n) is 5.66. The first-order valence-electron chi connectivity index (χ1n) is 11.1. The summed E-state index contributed by atoms with van der Waals surface area (Å²) in [5.41, 5.74) is 2.85. The summed E-state index contributed by atoms with van der Waals surface area (Å²) in [6.07, 6.45) is 6.05. The van der Waals surface area contributed by atoms with Gasteiger partial charge in [0.05, 0.1) is 23.3 Å². The van der Waals surface area contributed by atoms with Gasteiger partial charge in [0, 0.05) is 25.5 Å². The summed E-state index contributed by atoms with van der Waals surface area (Å²) in [6.45, 7) is 8.91. The van der Waals surface area contributed by atoms with E-state index in [1.165, 1.54) is 24.1 Å². The Bertz CT molecular complexity index is 1230. The van der Waals surface area contributed by atoms with Crippen molar-refractivity contribution in [2.45, 2.75) is 32.6 Å². The first-order chi connectivity index (χ1) is 16.4. The second kappa shape index (κ2) is 10.2. The van der Waals surface area contributed by atoms with Crippen LogP contribution in [0.3, 0.4) is 0 Å². The zero-order chi connectivity index (χ0) is 24.1. The minimum absolute atomic E-state index is 0.167. The lowest BCUT2D eigenvalue weighted by Gasteiger charge is -2.22. The van der Waals surface area contributed by atoms with E-state index in [2.05, 4.69) is 20.1 Å². The topological polar surface area (TPSA) is 79.5 Å². The van der Waals surface area contributed by atoms with Crippen molar-refractivity contribution in [3.05, 3.63) is 77.7 Å². The molecule has 0 unspecified atom stereocenters. The SMILES string of the molecule is [C-]#[N+]c1ccc(CCC(=O)Nc2ccc(-c3ccc(N(CC4CC4)C(C)=O)c(F)c3)nc2)cn1. The van der Waals surface area contributed by atoms with E-state index in [9.17, 15) is 14.0 Å². The summed E-state index contributed by atoms with van der Waals surface area (Å²) < 4.78 is 14.8. The highest BCUT2D eigenvalue weighted by molar-refractivity contribution is 5.92. The number of pyridine rings is 2. The first-order valence-corrected chi connectivity index (χ1v) is 11.1. The van der Waals surface area contributed by atoms with Crippen molar-refractivity contribution in [3.63, 3.8) is 0 Å². The van der Waals surface area contributed by atoms with Gasteiger partial charge in [-0.05, 0) is 61.1 Å². The number of halogens is 1. The molecule has 0 bridgehead atoms. The molecule has 8 heteroatoms. The number of carbonyl (C=O) groups excluding carboxylic acids is 2. The lowest BCUT2D eigenvalue weighted by molar-refractivity contribution is -0.117. The molecular weight excluding hydrogens is 433 g/mol. The summed E-state index contributed by atoms with van der Waals surface area (Å²) in [6, 6.07) is 11.6. The maximum atomic E-state index is 14.8. The van der Waals surface area contributed by atoms with Gasteiger partial charge in [0.15, 0.2) is 0 Å². The van der Waals surface area contributed by atoms with Crippen LogP contribution in [0.15, 0.2) is 54.9 Å². The van der Waals surface area contributed by atoms with Gasteiger partial charge in [-0.25, -0.2) is 4.39 Å². The van der Waals surface area contributed by atoms with Crippen LogP contribution in [0.1, 0.15) is 31.7 Å². The average molecular weight is 458 g/mol. The van der Waals surface area contributed by atoms with E-state index < -0.39 is 5.82 Å². The molecule has 1 aromatic carbocycles. The number of aryl methyl sites for hydroxylation is 1. The molecule has 0 saturated heterocycles. The summed E-state index contributed by atoms with van der Waals surface area (Å²) >= 11 is 0. The van der Waals surface area contributed by atoms with Crippen molar-refractivity contribution in [2.75, 3.05) is 16.8 Å². The maximum Gasteiger partial charge on any atom is 0.269 e. The highest BCUT2D eigenvalue weighted by Crippen LogP contribution is 2.33. The smallest absolute Gasteiger partial charge is 0.269 e. The molecule has 0 spiro atoms. The van der Waals surface area contributed by atoms with E-state index in [-0.39, 0.29) is 23.9 Å². The van der Waals surface area contributed by atoms with Crippen molar-refractivity contribution in [1.82, 2.24) is 9.97 Å². The van der Waals surface area contributed by atoms with Gasteiger partial charge in [0.2, 0.25) is 11.8 Å². The molecule has 0 aliphatic heterocycles. The van der Waals surface area contributed by atoms with Crippen molar-refractivity contribution in [1.29, 1.82) is 0 Å². The lowest BCUT2D eigenvalue weighted by Crippen LogP contribution is -2.31. The second-order valence-corrected chi connectivity index (χ2v) is 8.36. The van der Waals surface area contributed by atoms with E-state index in [0.29, 0.717) is 41.6 Å². The maximum absolute atomic E-state index is 14.8. The number of anilines is 2. The van der Waals surface area contributed by atoms with E-state index in [0.717, 1.165) is 18.4 Å². The Hall–Kier alpha value is -4.12. The molecule has 4 rings (SSSR count). The molecule has 34 heavy (non-hydrogen) atoms. The standard InChI is InChI=1S/C26H24FN5O2/c1-17(33)32(16-19-3-4-19)24-10-7-20(13-22(24)27)23-9-8-21(15-29-23)31-26(34)12-6-18-5-11-25(28-2)30-14-18/h5,7-11,13-15,19H,3-4,6,12,16H2,1H3,(H,31,34). The summed E-state index contributed by atoms with van der Waals surface area (Å²) in [5.74, 6) is -0.0309. The molecule has 1 N–H and O–H groups in total. The monoisotopic (exact) mass is 457 g/mol. The lowest BCUT2D eigenvalue weighted by atomic mass is 10.1. The molecule has 2 amide bonds. The van der Waals surface area contributed by atoms with Crippen LogP contribution in [0.4, 0.5) is 21.6 Å². The van der Waals surface area contributed by atoms with Crippen molar-refractivity contribution >= 4 is 29.0 Å². The molecule has 0 atom stereocenters. The molecule has 2 aromatic heterocycles. The molecule has 0 radical (unpaired) electrons. The Balaban J connectivity index is 1.37. The van der Waals surface area contributed by atoms with Gasteiger partial charge in [0.1, 0.15) is 12.0 Å². The number of aromatic nitrogens is 2. The van der Waals surface area contributed by atoms with Gasteiger partial charge >= 0.3 is 0 Å². The minimum Gasteiger partial charge on any atom is -0.361 e. The zero-order valence-electron chi connectivity index (χ0n) is 18.8. The third kappa shape index (κ3) is 5.81. The summed E-state index contributed by atoms with van der Waals surface area (Å²) in [4.78, 5) is 37.3. The Kier molecular flexibility index (Phi) is 6.93. The number of amides is 2. The molecule has 7 nitrogen and oxygen atoms in total. The van der Waals surface area contributed by atoms with Crippen LogP contribution in [0.5, 0.6) is 0 Å². The molecule has 2 heterocycles. The molecular formula is C26H24FN5O2. The van der Waals surface area contributed by atoms with Gasteiger partial charge < -0.3 is 15.1 Å². The number of rotatable bonds is 8. The van der Waals surface area contributed by atoms with Crippen LogP contribution in [-0.4, -0.2) is 28.3 Å². The van der Waals surface area contributed by atoms with Gasteiger partial charge in [-0.15, -0.1) is 4.98 Å². The van der Waals surface area contributed by atoms with Gasteiger partial charge in [0.25, 0.3) is 5.82 Å². The summed E-state index contributed by atoms with van der Waals surface area (Å²) in [5, 5.41) is 2.80. The second-order valence-electron chi connectivity index (χ2n) is 8.36. The highest BCUT2D eigenvalue weighted by atomic mass is 19.1. The molecule has 1 fully saturated rings. The van der Waals surface area contributed by atoms with Crippen molar-refractivity contribution in [2.24, 2.45) is 5.92 Å². The van der Waals surface area contributed by atoms with E-state index >= 15 is 0 Å². The fourth-order valence-electron chi connectivity index (χ4n) is 3.59. The van der Waals surface area contributed by atoms with Crippen LogP contribution in [-0.2, 0) is 16.0 Å². The van der Waals surface area contributed by atoms with Crippen LogP contribution >= 0.6 is 0 Å². The fraction of sp³-hybridized carbons (Fsp3) is 0.269. The number of carbonyl (C=O) groups is 2. The number of hydrogen-bond acceptors (Lipinski definition) is 4. The number of hydrogen-bond donors (Lipinski definition) is 1. The minimum atomic E-state index is -0.466. The molecule has 3 aromatic rings. The largest absolute Gasteiger partial charge is 0.361 e. The van der Waals surface area contributed by atoms with Crippen LogP contribution < -0.4 is 10.2 Å². The van der Waals surface area contributed by atoms with Gasteiger partial charge in [-0.2, -0.15) is 0 Å². The normalized spacial score (nSPS) is 12.6. The van der Waals surface area contributed by atoms with Gasteiger partial charge in [-0.1, -0.05) is 18.7 Å². The average Bonchev–Trinajstić information content (AvgIpc) is 3.66. The van der Waals surface area contributed by atoms with E-state index in [1.807, 2.05) is 0 Å². The molecule has 1 aliphatic carbocycles.